The molecule has 0 radical (unpaired) electrons. The molecule has 8 nitrogen and oxygen atoms in total. The first-order valence-electron chi connectivity index (χ1n) is 11.1. The van der Waals surface area contributed by atoms with Gasteiger partial charge in [0.1, 0.15) is 11.5 Å². The third-order valence-electron chi connectivity index (χ3n) is 5.78. The van der Waals surface area contributed by atoms with Crippen molar-refractivity contribution in [1.82, 2.24) is 9.88 Å². The molecule has 180 valence electrons. The molecule has 0 unspecified atom stereocenters. The van der Waals surface area contributed by atoms with Gasteiger partial charge in [-0.05, 0) is 60.5 Å². The molecule has 1 amide bonds. The number of likely N-dealkylation sites (tertiary alicyclic amines) is 1. The van der Waals surface area contributed by atoms with Crippen LogP contribution in [0.25, 0.3) is 5.76 Å². The molecule has 4 rings (SSSR count). The number of pyridine rings is 1. The highest BCUT2D eigenvalue weighted by atomic mass is 16.5. The Bertz CT molecular complexity index is 1250. The minimum atomic E-state index is -0.846. The molecule has 2 aromatic carbocycles. The lowest BCUT2D eigenvalue weighted by atomic mass is 9.94. The van der Waals surface area contributed by atoms with Crippen LogP contribution in [-0.2, 0) is 16.1 Å². The number of amides is 1. The molecule has 0 bridgehead atoms. The highest BCUT2D eigenvalue weighted by molar-refractivity contribution is 6.46. The minimum Gasteiger partial charge on any atom is -0.507 e. The number of ether oxygens (including phenoxy) is 3. The second kappa shape index (κ2) is 10.3. The minimum absolute atomic E-state index is 0.00438. The molecule has 1 fully saturated rings. The zero-order valence-corrected chi connectivity index (χ0v) is 19.7. The largest absolute Gasteiger partial charge is 0.507 e. The van der Waals surface area contributed by atoms with Gasteiger partial charge in [-0.15, -0.1) is 0 Å². The van der Waals surface area contributed by atoms with Crippen LogP contribution < -0.4 is 14.2 Å². The lowest BCUT2D eigenvalue weighted by molar-refractivity contribution is -0.140. The molecule has 3 aromatic rings. The van der Waals surface area contributed by atoms with E-state index < -0.39 is 17.7 Å². The molecule has 2 heterocycles. The highest BCUT2D eigenvalue weighted by Gasteiger charge is 2.46. The van der Waals surface area contributed by atoms with Crippen molar-refractivity contribution in [3.05, 3.63) is 89.3 Å². The average molecular weight is 475 g/mol. The van der Waals surface area contributed by atoms with Crippen LogP contribution in [0.3, 0.4) is 0 Å². The van der Waals surface area contributed by atoms with E-state index in [2.05, 4.69) is 4.98 Å². The van der Waals surface area contributed by atoms with Crippen molar-refractivity contribution in [3.8, 4) is 17.2 Å². The van der Waals surface area contributed by atoms with Gasteiger partial charge in [-0.25, -0.2) is 0 Å². The fourth-order valence-electron chi connectivity index (χ4n) is 4.13. The molecule has 0 aliphatic carbocycles. The van der Waals surface area contributed by atoms with Gasteiger partial charge in [0.25, 0.3) is 11.7 Å². The van der Waals surface area contributed by atoms with Crippen LogP contribution in [0.2, 0.25) is 0 Å². The van der Waals surface area contributed by atoms with Crippen molar-refractivity contribution < 1.29 is 28.9 Å². The zero-order chi connectivity index (χ0) is 24.9. The Balaban J connectivity index is 1.85. The van der Waals surface area contributed by atoms with Crippen molar-refractivity contribution in [2.75, 3.05) is 20.8 Å². The summed E-state index contributed by atoms with van der Waals surface area (Å²) < 4.78 is 16.3. The maximum atomic E-state index is 13.2. The van der Waals surface area contributed by atoms with Crippen LogP contribution in [0.15, 0.2) is 72.6 Å². The van der Waals surface area contributed by atoms with Gasteiger partial charge in [0, 0.05) is 24.5 Å². The number of aromatic nitrogens is 1. The van der Waals surface area contributed by atoms with Crippen molar-refractivity contribution in [2.45, 2.75) is 19.5 Å². The van der Waals surface area contributed by atoms with Crippen molar-refractivity contribution in [1.29, 1.82) is 0 Å². The van der Waals surface area contributed by atoms with E-state index >= 15 is 0 Å². The van der Waals surface area contributed by atoms with Crippen LogP contribution in [0, 0.1) is 0 Å². The Hall–Kier alpha value is -4.33. The fourth-order valence-corrected chi connectivity index (χ4v) is 4.13. The van der Waals surface area contributed by atoms with E-state index in [1.807, 2.05) is 13.0 Å². The molecule has 1 atom stereocenters. The van der Waals surface area contributed by atoms with Gasteiger partial charge < -0.3 is 24.2 Å². The second-order valence-corrected chi connectivity index (χ2v) is 7.86. The smallest absolute Gasteiger partial charge is 0.295 e. The topological polar surface area (TPSA) is 98.2 Å². The summed E-state index contributed by atoms with van der Waals surface area (Å²) in [5, 5.41) is 11.2. The molecule has 35 heavy (non-hydrogen) atoms. The maximum absolute atomic E-state index is 13.2. The number of ketones is 1. The molecule has 0 saturated carbocycles. The number of carbonyl (C=O) groups is 2. The molecule has 1 aliphatic heterocycles. The van der Waals surface area contributed by atoms with E-state index in [9.17, 15) is 14.7 Å². The van der Waals surface area contributed by atoms with Crippen LogP contribution in [-0.4, -0.2) is 47.5 Å². The predicted octanol–water partition coefficient (Wildman–Crippen LogP) is 4.12. The summed E-state index contributed by atoms with van der Waals surface area (Å²) in [4.78, 5) is 32.0. The van der Waals surface area contributed by atoms with Crippen LogP contribution in [0.4, 0.5) is 0 Å². The number of methoxy groups -OCH3 is 2. The number of Topliss-reactive ketones (excluding diaryl/α,β-unsaturated/α-hetero) is 1. The van der Waals surface area contributed by atoms with E-state index in [0.717, 1.165) is 5.56 Å². The first-order chi connectivity index (χ1) is 17.0. The number of benzene rings is 2. The van der Waals surface area contributed by atoms with E-state index in [0.29, 0.717) is 35.0 Å². The molecule has 1 N–H and O–H groups in total. The van der Waals surface area contributed by atoms with E-state index in [-0.39, 0.29) is 17.9 Å². The Morgan fingerprint density at radius 1 is 1.03 bits per heavy atom. The molecular weight excluding hydrogens is 448 g/mol. The van der Waals surface area contributed by atoms with Crippen LogP contribution >= 0.6 is 0 Å². The number of nitrogens with zero attached hydrogens (tertiary/aromatic N) is 2. The summed E-state index contributed by atoms with van der Waals surface area (Å²) in [7, 11) is 3.03. The lowest BCUT2D eigenvalue weighted by Gasteiger charge is -2.26. The van der Waals surface area contributed by atoms with Crippen molar-refractivity contribution in [3.63, 3.8) is 0 Å². The molecule has 1 saturated heterocycles. The van der Waals surface area contributed by atoms with Gasteiger partial charge in [-0.3, -0.25) is 14.6 Å². The summed E-state index contributed by atoms with van der Waals surface area (Å²) in [6, 6.07) is 14.6. The SMILES string of the molecule is CCOc1ccc(/C(O)=C2\C(=O)C(=O)N(Cc3cccnc3)[C@@H]2c2ccc(OC)c(OC)c2)cc1. The van der Waals surface area contributed by atoms with Gasteiger partial charge in [-0.1, -0.05) is 12.1 Å². The Kier molecular flexibility index (Phi) is 7.01. The van der Waals surface area contributed by atoms with Crippen LogP contribution in [0.1, 0.15) is 29.7 Å². The lowest BCUT2D eigenvalue weighted by Crippen LogP contribution is -2.29. The van der Waals surface area contributed by atoms with E-state index in [4.69, 9.17) is 14.2 Å². The monoisotopic (exact) mass is 474 g/mol. The number of hydrogen-bond donors (Lipinski definition) is 1. The van der Waals surface area contributed by atoms with Crippen molar-refractivity contribution in [2.24, 2.45) is 0 Å². The summed E-state index contributed by atoms with van der Waals surface area (Å²) in [5.74, 6) is -0.149. The third-order valence-corrected chi connectivity index (χ3v) is 5.78. The number of hydrogen-bond acceptors (Lipinski definition) is 7. The second-order valence-electron chi connectivity index (χ2n) is 7.86. The highest BCUT2D eigenvalue weighted by Crippen LogP contribution is 2.42. The predicted molar refractivity (Wildman–Crippen MR) is 129 cm³/mol. The number of aliphatic hydroxyl groups is 1. The van der Waals surface area contributed by atoms with Gasteiger partial charge in [0.2, 0.25) is 0 Å². The Morgan fingerprint density at radius 2 is 1.77 bits per heavy atom. The Morgan fingerprint density at radius 3 is 2.40 bits per heavy atom. The first-order valence-corrected chi connectivity index (χ1v) is 11.1. The number of carbonyl (C=O) groups excluding carboxylic acids is 2. The molecule has 1 aliphatic rings. The normalized spacial score (nSPS) is 16.9. The average Bonchev–Trinajstić information content (AvgIpc) is 3.14. The quantitative estimate of drug-likeness (QED) is 0.298. The molecule has 8 heteroatoms. The van der Waals surface area contributed by atoms with Crippen molar-refractivity contribution >= 4 is 17.4 Å². The first kappa shape index (κ1) is 23.8. The molecular formula is C27H26N2O6. The molecule has 0 spiro atoms. The maximum Gasteiger partial charge on any atom is 0.295 e. The van der Waals surface area contributed by atoms with E-state index in [1.165, 1.54) is 19.1 Å². The summed E-state index contributed by atoms with van der Waals surface area (Å²) in [6.07, 6.45) is 3.27. The Labute approximate surface area is 203 Å². The summed E-state index contributed by atoms with van der Waals surface area (Å²) in [5.41, 5.74) is 1.74. The van der Waals surface area contributed by atoms with Gasteiger partial charge in [0.05, 0.1) is 32.4 Å². The molecule has 1 aromatic heterocycles. The standard InChI is InChI=1S/C27H26N2O6/c1-4-35-20-10-7-18(8-11-20)25(30)23-24(19-9-12-21(33-2)22(14-19)34-3)29(27(32)26(23)31)16-17-6-5-13-28-15-17/h5-15,24,30H,4,16H2,1-3H3/b25-23+/t24-/m1/s1. The van der Waals surface area contributed by atoms with Gasteiger partial charge >= 0.3 is 0 Å². The van der Waals surface area contributed by atoms with Crippen LogP contribution in [0.5, 0.6) is 17.2 Å². The van der Waals surface area contributed by atoms with E-state index in [1.54, 1.807) is 60.9 Å². The third kappa shape index (κ3) is 4.68. The van der Waals surface area contributed by atoms with Gasteiger partial charge in [-0.2, -0.15) is 0 Å². The summed E-state index contributed by atoms with van der Waals surface area (Å²) in [6.45, 7) is 2.52. The number of aliphatic hydroxyl groups excluding tert-OH is 1. The zero-order valence-electron chi connectivity index (χ0n) is 19.7. The fraction of sp³-hybridized carbons (Fsp3) is 0.222. The van der Waals surface area contributed by atoms with Gasteiger partial charge in [0.15, 0.2) is 11.5 Å². The number of rotatable bonds is 8. The summed E-state index contributed by atoms with van der Waals surface area (Å²) >= 11 is 0.